The number of amides is 1. The SMILES string of the molecule is CCCc1cc(NC(=O)CCC(F)(F)F)n[nH]1. The highest BCUT2D eigenvalue weighted by Gasteiger charge is 2.27. The Morgan fingerprint density at radius 2 is 2.24 bits per heavy atom. The lowest BCUT2D eigenvalue weighted by Crippen LogP contribution is -2.16. The van der Waals surface area contributed by atoms with Crippen LogP contribution in [-0.4, -0.2) is 22.3 Å². The molecule has 17 heavy (non-hydrogen) atoms. The van der Waals surface area contributed by atoms with E-state index in [-0.39, 0.29) is 5.82 Å². The number of aromatic amines is 1. The molecule has 2 N–H and O–H groups in total. The summed E-state index contributed by atoms with van der Waals surface area (Å²) in [5, 5.41) is 8.79. The fourth-order valence-electron chi connectivity index (χ4n) is 1.28. The van der Waals surface area contributed by atoms with Crippen molar-refractivity contribution in [2.24, 2.45) is 0 Å². The molecule has 0 radical (unpaired) electrons. The number of carbonyl (C=O) groups excluding carboxylic acids is 1. The van der Waals surface area contributed by atoms with E-state index in [0.29, 0.717) is 0 Å². The van der Waals surface area contributed by atoms with Gasteiger partial charge >= 0.3 is 6.18 Å². The summed E-state index contributed by atoms with van der Waals surface area (Å²) in [6, 6.07) is 1.62. The van der Waals surface area contributed by atoms with Gasteiger partial charge in [0.05, 0.1) is 6.42 Å². The molecule has 0 aliphatic heterocycles. The van der Waals surface area contributed by atoms with E-state index in [4.69, 9.17) is 0 Å². The van der Waals surface area contributed by atoms with Crippen molar-refractivity contribution in [3.8, 4) is 0 Å². The third-order valence-electron chi connectivity index (χ3n) is 2.05. The molecule has 1 aromatic heterocycles. The molecule has 0 atom stereocenters. The minimum Gasteiger partial charge on any atom is -0.309 e. The zero-order valence-electron chi connectivity index (χ0n) is 9.40. The molecule has 1 heterocycles. The van der Waals surface area contributed by atoms with Crippen molar-refractivity contribution in [2.45, 2.75) is 38.8 Å². The quantitative estimate of drug-likeness (QED) is 0.842. The molecule has 1 rings (SSSR count). The molecular weight excluding hydrogens is 235 g/mol. The molecule has 0 fully saturated rings. The maximum Gasteiger partial charge on any atom is 0.389 e. The third kappa shape index (κ3) is 5.37. The van der Waals surface area contributed by atoms with Crippen molar-refractivity contribution in [2.75, 3.05) is 5.32 Å². The lowest BCUT2D eigenvalue weighted by atomic mass is 10.2. The van der Waals surface area contributed by atoms with Gasteiger partial charge in [-0.25, -0.2) is 0 Å². The number of anilines is 1. The number of nitrogens with zero attached hydrogens (tertiary/aromatic N) is 1. The van der Waals surface area contributed by atoms with Crippen LogP contribution in [0.3, 0.4) is 0 Å². The Morgan fingerprint density at radius 1 is 1.53 bits per heavy atom. The number of halogens is 3. The number of rotatable bonds is 5. The molecule has 1 aromatic rings. The molecule has 0 saturated carbocycles. The molecule has 0 saturated heterocycles. The number of alkyl halides is 3. The first-order valence-corrected chi connectivity index (χ1v) is 5.31. The Bertz CT molecular complexity index is 373. The Labute approximate surface area is 96.6 Å². The summed E-state index contributed by atoms with van der Waals surface area (Å²) < 4.78 is 35.6. The van der Waals surface area contributed by atoms with E-state index in [2.05, 4.69) is 15.5 Å². The van der Waals surface area contributed by atoms with Gasteiger partial charge in [0.1, 0.15) is 0 Å². The van der Waals surface area contributed by atoms with E-state index >= 15 is 0 Å². The number of carbonyl (C=O) groups is 1. The highest BCUT2D eigenvalue weighted by molar-refractivity contribution is 5.89. The second-order valence-corrected chi connectivity index (χ2v) is 3.69. The van der Waals surface area contributed by atoms with Crippen molar-refractivity contribution in [1.29, 1.82) is 0 Å². The van der Waals surface area contributed by atoms with Crippen molar-refractivity contribution in [3.05, 3.63) is 11.8 Å². The molecule has 0 aliphatic carbocycles. The smallest absolute Gasteiger partial charge is 0.309 e. The normalized spacial score (nSPS) is 11.5. The van der Waals surface area contributed by atoms with E-state index in [1.165, 1.54) is 0 Å². The maximum absolute atomic E-state index is 11.9. The molecule has 7 heteroatoms. The molecule has 0 spiro atoms. The Balaban J connectivity index is 2.39. The monoisotopic (exact) mass is 249 g/mol. The van der Waals surface area contributed by atoms with Crippen molar-refractivity contribution in [3.63, 3.8) is 0 Å². The standard InChI is InChI=1S/C10H14F3N3O/c1-2-3-7-6-8(16-15-7)14-9(17)4-5-10(11,12)13/h6H,2-5H2,1H3,(H2,14,15,16,17). The highest BCUT2D eigenvalue weighted by atomic mass is 19.4. The molecule has 0 unspecified atom stereocenters. The Kier molecular flexibility index (Phi) is 4.53. The number of aromatic nitrogens is 2. The summed E-state index contributed by atoms with van der Waals surface area (Å²) in [5.41, 5.74) is 0.846. The molecule has 1 amide bonds. The van der Waals surface area contributed by atoms with Crippen LogP contribution in [0.2, 0.25) is 0 Å². The van der Waals surface area contributed by atoms with Gasteiger partial charge in [-0.3, -0.25) is 9.89 Å². The van der Waals surface area contributed by atoms with E-state index < -0.39 is 24.9 Å². The van der Waals surface area contributed by atoms with Crippen LogP contribution in [0.5, 0.6) is 0 Å². The summed E-state index contributed by atoms with van der Waals surface area (Å²) in [6.45, 7) is 1.99. The van der Waals surface area contributed by atoms with Crippen LogP contribution in [0, 0.1) is 0 Å². The van der Waals surface area contributed by atoms with Gasteiger partial charge in [-0.05, 0) is 6.42 Å². The Hall–Kier alpha value is -1.53. The van der Waals surface area contributed by atoms with Crippen molar-refractivity contribution >= 4 is 11.7 Å². The summed E-state index contributed by atoms with van der Waals surface area (Å²) in [7, 11) is 0. The largest absolute Gasteiger partial charge is 0.389 e. The molecule has 0 bridgehead atoms. The van der Waals surface area contributed by atoms with Gasteiger partial charge in [0.15, 0.2) is 5.82 Å². The van der Waals surface area contributed by atoms with E-state index in [9.17, 15) is 18.0 Å². The predicted octanol–water partition coefficient (Wildman–Crippen LogP) is 2.64. The average Bonchev–Trinajstić information content (AvgIpc) is 2.62. The summed E-state index contributed by atoms with van der Waals surface area (Å²) in [5.74, 6) is -0.419. The number of H-pyrrole nitrogens is 1. The first-order valence-electron chi connectivity index (χ1n) is 5.31. The molecule has 0 aromatic carbocycles. The van der Waals surface area contributed by atoms with E-state index in [1.807, 2.05) is 6.92 Å². The zero-order valence-corrected chi connectivity index (χ0v) is 9.40. The summed E-state index contributed by atoms with van der Waals surface area (Å²) in [6.07, 6.45) is -4.31. The lowest BCUT2D eigenvalue weighted by Gasteiger charge is -2.05. The second-order valence-electron chi connectivity index (χ2n) is 3.69. The van der Waals surface area contributed by atoms with Crippen molar-refractivity contribution < 1.29 is 18.0 Å². The molecule has 96 valence electrons. The zero-order chi connectivity index (χ0) is 12.9. The van der Waals surface area contributed by atoms with Crippen LogP contribution in [0.15, 0.2) is 6.07 Å². The maximum atomic E-state index is 11.9. The predicted molar refractivity (Wildman–Crippen MR) is 56.5 cm³/mol. The van der Waals surface area contributed by atoms with Gasteiger partial charge in [-0.15, -0.1) is 0 Å². The van der Waals surface area contributed by atoms with Gasteiger partial charge in [-0.2, -0.15) is 18.3 Å². The highest BCUT2D eigenvalue weighted by Crippen LogP contribution is 2.21. The van der Waals surface area contributed by atoms with Crippen LogP contribution in [0.4, 0.5) is 19.0 Å². The minimum absolute atomic E-state index is 0.264. The first kappa shape index (κ1) is 13.5. The first-order chi connectivity index (χ1) is 7.90. The fraction of sp³-hybridized carbons (Fsp3) is 0.600. The van der Waals surface area contributed by atoms with Crippen LogP contribution in [0.1, 0.15) is 31.9 Å². The van der Waals surface area contributed by atoms with Crippen LogP contribution in [0.25, 0.3) is 0 Å². The van der Waals surface area contributed by atoms with E-state index in [0.717, 1.165) is 18.5 Å². The topological polar surface area (TPSA) is 57.8 Å². The van der Waals surface area contributed by atoms with Gasteiger partial charge < -0.3 is 5.32 Å². The number of aryl methyl sites for hydroxylation is 1. The average molecular weight is 249 g/mol. The number of hydrogen-bond acceptors (Lipinski definition) is 2. The van der Waals surface area contributed by atoms with E-state index in [1.54, 1.807) is 6.07 Å². The van der Waals surface area contributed by atoms with Crippen LogP contribution < -0.4 is 5.32 Å². The third-order valence-corrected chi connectivity index (χ3v) is 2.05. The minimum atomic E-state index is -4.31. The van der Waals surface area contributed by atoms with Gasteiger partial charge in [0, 0.05) is 18.2 Å². The number of nitrogens with one attached hydrogen (secondary N) is 2. The van der Waals surface area contributed by atoms with Crippen molar-refractivity contribution in [1.82, 2.24) is 10.2 Å². The van der Waals surface area contributed by atoms with Gasteiger partial charge in [0.25, 0.3) is 0 Å². The summed E-state index contributed by atoms with van der Waals surface area (Å²) in [4.78, 5) is 11.2. The number of hydrogen-bond donors (Lipinski definition) is 2. The summed E-state index contributed by atoms with van der Waals surface area (Å²) >= 11 is 0. The molecule has 0 aliphatic rings. The van der Waals surface area contributed by atoms with Gasteiger partial charge in [0.2, 0.25) is 5.91 Å². The van der Waals surface area contributed by atoms with Crippen LogP contribution in [-0.2, 0) is 11.2 Å². The fourth-order valence-corrected chi connectivity index (χ4v) is 1.28. The lowest BCUT2D eigenvalue weighted by molar-refractivity contribution is -0.142. The van der Waals surface area contributed by atoms with Crippen LogP contribution >= 0.6 is 0 Å². The second kappa shape index (κ2) is 5.70. The molecule has 4 nitrogen and oxygen atoms in total. The van der Waals surface area contributed by atoms with Gasteiger partial charge in [-0.1, -0.05) is 13.3 Å². The molecular formula is C10H14F3N3O. The Morgan fingerprint density at radius 3 is 2.82 bits per heavy atom.